The summed E-state index contributed by atoms with van der Waals surface area (Å²) < 4.78 is 69.0. The van der Waals surface area contributed by atoms with Gasteiger partial charge in [-0.2, -0.15) is 0 Å². The van der Waals surface area contributed by atoms with Crippen molar-refractivity contribution in [1.82, 2.24) is 0 Å². The Bertz CT molecular complexity index is 2050. The minimum absolute atomic E-state index is 0.109. The van der Waals surface area contributed by atoms with Crippen molar-refractivity contribution in [1.29, 1.82) is 0 Å². The van der Waals surface area contributed by atoms with Gasteiger partial charge >= 0.3 is 39.5 Å². The zero-order chi connectivity index (χ0) is 78.5. The number of hydrogen-bond acceptors (Lipinski definition) is 15. The zero-order valence-corrected chi connectivity index (χ0v) is 72.2. The Morgan fingerprint density at radius 1 is 0.271 bits per heavy atom. The summed E-state index contributed by atoms with van der Waals surface area (Å²) in [5, 5.41) is 10.7. The van der Waals surface area contributed by atoms with E-state index in [1.807, 2.05) is 0 Å². The molecule has 0 aromatic heterocycles. The van der Waals surface area contributed by atoms with Crippen LogP contribution >= 0.6 is 15.6 Å². The van der Waals surface area contributed by atoms with Crippen LogP contribution in [-0.2, 0) is 65.4 Å². The molecule has 0 saturated heterocycles. The predicted molar refractivity (Wildman–Crippen MR) is 442 cm³/mol. The van der Waals surface area contributed by atoms with Gasteiger partial charge in [-0.3, -0.25) is 37.3 Å². The van der Waals surface area contributed by atoms with Gasteiger partial charge in [-0.25, -0.2) is 9.13 Å². The van der Waals surface area contributed by atoms with Gasteiger partial charge in [0, 0.05) is 25.7 Å². The van der Waals surface area contributed by atoms with E-state index >= 15 is 0 Å². The van der Waals surface area contributed by atoms with Crippen LogP contribution in [0.4, 0.5) is 0 Å². The number of hydrogen-bond donors (Lipinski definition) is 3. The molecule has 0 spiro atoms. The molecule has 0 bridgehead atoms. The lowest BCUT2D eigenvalue weighted by Crippen LogP contribution is -2.30. The van der Waals surface area contributed by atoms with E-state index in [0.717, 1.165) is 102 Å². The molecule has 0 heterocycles. The Hall–Kier alpha value is -1.94. The molecule has 0 aliphatic carbocycles. The molecule has 0 radical (unpaired) electrons. The van der Waals surface area contributed by atoms with Crippen molar-refractivity contribution < 1.29 is 80.2 Å². The normalized spacial score (nSPS) is 14.0. The molecule has 107 heavy (non-hydrogen) atoms. The Morgan fingerprint density at radius 3 is 0.710 bits per heavy atom. The number of carbonyl (C=O) groups excluding carboxylic acids is 4. The highest BCUT2D eigenvalue weighted by Gasteiger charge is 2.31. The number of aliphatic hydroxyl groups excluding tert-OH is 1. The largest absolute Gasteiger partial charge is 0.472 e. The predicted octanol–water partition coefficient (Wildman–Crippen LogP) is 27.0. The third-order valence-electron chi connectivity index (χ3n) is 21.1. The van der Waals surface area contributed by atoms with Gasteiger partial charge < -0.3 is 33.8 Å². The Labute approximate surface area is 658 Å². The van der Waals surface area contributed by atoms with Gasteiger partial charge in [0.1, 0.15) is 19.3 Å². The second-order valence-corrected chi connectivity index (χ2v) is 35.3. The minimum Gasteiger partial charge on any atom is -0.462 e. The molecule has 3 unspecified atom stereocenters. The maximum Gasteiger partial charge on any atom is 0.472 e. The van der Waals surface area contributed by atoms with Gasteiger partial charge in [0.05, 0.1) is 26.4 Å². The molecule has 3 N–H and O–H groups in total. The van der Waals surface area contributed by atoms with E-state index in [1.165, 1.54) is 289 Å². The van der Waals surface area contributed by atoms with E-state index in [4.69, 9.17) is 37.0 Å². The van der Waals surface area contributed by atoms with Crippen molar-refractivity contribution in [2.45, 2.75) is 490 Å². The van der Waals surface area contributed by atoms with Gasteiger partial charge in [0.15, 0.2) is 12.2 Å². The van der Waals surface area contributed by atoms with E-state index in [2.05, 4.69) is 41.5 Å². The standard InChI is InChI=1S/C88H172O17P2/c1-7-10-12-14-16-18-20-22-35-42-48-54-60-66-72-87(92)104-83(76-98-85(90)70-64-58-52-46-40-21-19-17-15-13-11-8-2)78-102-106(94,95)100-74-82(89)75-101-107(96,97)103-79-84(77-99-86(91)71-65-59-53-47-41-36-31-28-27-29-33-38-44-50-56-62-68-80(4)5)105-88(93)73-67-61-55-49-43-37-32-26-24-23-25-30-34-39-45-51-57-63-69-81(6)9-3/h80-84,89H,7-79H2,1-6H3,(H,94,95)(H,96,97)/t81?,82-,83+,84+/m0/s1. The first-order valence-electron chi connectivity index (χ1n) is 45.5. The molecule has 0 amide bonds. The van der Waals surface area contributed by atoms with Crippen LogP contribution in [0, 0.1) is 11.8 Å². The molecule has 0 saturated carbocycles. The van der Waals surface area contributed by atoms with Crippen LogP contribution in [-0.4, -0.2) is 96.7 Å². The summed E-state index contributed by atoms with van der Waals surface area (Å²) in [5.74, 6) is -0.413. The molecular weight excluding hydrogens is 1390 g/mol. The number of ether oxygens (including phenoxy) is 4. The highest BCUT2D eigenvalue weighted by Crippen LogP contribution is 2.45. The first kappa shape index (κ1) is 105. The molecule has 6 atom stereocenters. The van der Waals surface area contributed by atoms with Crippen LogP contribution in [0.1, 0.15) is 472 Å². The average Bonchev–Trinajstić information content (AvgIpc) is 0.916. The third kappa shape index (κ3) is 80.5. The van der Waals surface area contributed by atoms with Crippen molar-refractivity contribution >= 4 is 39.5 Å². The molecule has 0 rings (SSSR count). The molecule has 0 fully saturated rings. The van der Waals surface area contributed by atoms with Crippen molar-refractivity contribution in [2.24, 2.45) is 11.8 Å². The van der Waals surface area contributed by atoms with Crippen LogP contribution < -0.4 is 0 Å². The monoisotopic (exact) mass is 1560 g/mol. The van der Waals surface area contributed by atoms with Crippen LogP contribution in [0.25, 0.3) is 0 Å². The average molecular weight is 1560 g/mol. The highest BCUT2D eigenvalue weighted by molar-refractivity contribution is 7.47. The smallest absolute Gasteiger partial charge is 0.462 e. The molecule has 0 aromatic rings. The topological polar surface area (TPSA) is 237 Å². The molecule has 0 aliphatic heterocycles. The number of carbonyl (C=O) groups is 4. The van der Waals surface area contributed by atoms with E-state index in [1.54, 1.807) is 0 Å². The van der Waals surface area contributed by atoms with E-state index in [0.29, 0.717) is 25.7 Å². The molecule has 17 nitrogen and oxygen atoms in total. The molecular formula is C88H172O17P2. The number of esters is 4. The lowest BCUT2D eigenvalue weighted by molar-refractivity contribution is -0.161. The van der Waals surface area contributed by atoms with Gasteiger partial charge in [-0.1, -0.05) is 420 Å². The van der Waals surface area contributed by atoms with Crippen LogP contribution in [0.3, 0.4) is 0 Å². The number of phosphoric acid groups is 2. The first-order chi connectivity index (χ1) is 51.9. The Kier molecular flexibility index (Phi) is 77.9. The fraction of sp³-hybridized carbons (Fsp3) is 0.955. The van der Waals surface area contributed by atoms with Crippen molar-refractivity contribution in [3.05, 3.63) is 0 Å². The zero-order valence-electron chi connectivity index (χ0n) is 70.5. The molecule has 636 valence electrons. The summed E-state index contributed by atoms with van der Waals surface area (Å²) in [7, 11) is -9.93. The lowest BCUT2D eigenvalue weighted by atomic mass is 9.99. The van der Waals surface area contributed by atoms with Crippen molar-refractivity contribution in [3.63, 3.8) is 0 Å². The van der Waals surface area contributed by atoms with Gasteiger partial charge in [-0.05, 0) is 37.5 Å². The number of aliphatic hydroxyl groups is 1. The summed E-state index contributed by atoms with van der Waals surface area (Å²) >= 11 is 0. The van der Waals surface area contributed by atoms with Gasteiger partial charge in [0.25, 0.3) is 0 Å². The van der Waals surface area contributed by atoms with E-state index < -0.39 is 97.5 Å². The number of phosphoric ester groups is 2. The van der Waals surface area contributed by atoms with Crippen molar-refractivity contribution in [3.8, 4) is 0 Å². The van der Waals surface area contributed by atoms with E-state index in [-0.39, 0.29) is 25.7 Å². The van der Waals surface area contributed by atoms with Crippen LogP contribution in [0.2, 0.25) is 0 Å². The van der Waals surface area contributed by atoms with Crippen LogP contribution in [0.5, 0.6) is 0 Å². The summed E-state index contributed by atoms with van der Waals surface area (Å²) in [6.45, 7) is 9.79. The molecule has 0 aromatic carbocycles. The first-order valence-corrected chi connectivity index (χ1v) is 48.5. The maximum absolute atomic E-state index is 13.2. The fourth-order valence-corrected chi connectivity index (χ4v) is 15.3. The third-order valence-corrected chi connectivity index (χ3v) is 23.0. The maximum atomic E-state index is 13.2. The van der Waals surface area contributed by atoms with Gasteiger partial charge in [0.2, 0.25) is 0 Å². The fourth-order valence-electron chi connectivity index (χ4n) is 13.7. The van der Waals surface area contributed by atoms with Crippen LogP contribution in [0.15, 0.2) is 0 Å². The summed E-state index contributed by atoms with van der Waals surface area (Å²) in [5.41, 5.74) is 0. The molecule has 0 aliphatic rings. The summed E-state index contributed by atoms with van der Waals surface area (Å²) in [6, 6.07) is 0. The second-order valence-electron chi connectivity index (χ2n) is 32.4. The lowest BCUT2D eigenvalue weighted by Gasteiger charge is -2.21. The Morgan fingerprint density at radius 2 is 0.477 bits per heavy atom. The minimum atomic E-state index is -4.97. The SMILES string of the molecule is CCCCCCCCCCCCCCCCC(=O)O[C@H](COC(=O)CCCCCCCCCCCCCC)COP(=O)(O)OC[C@H](O)COP(=O)(O)OC[C@@H](COC(=O)CCCCCCCCCCCCCCCCCCC(C)C)OC(=O)CCCCCCCCCCCCCCCCCCCCC(C)CC. The summed E-state index contributed by atoms with van der Waals surface area (Å²) in [4.78, 5) is 73.3. The quantitative estimate of drug-likeness (QED) is 0.0222. The summed E-state index contributed by atoms with van der Waals surface area (Å²) in [6.07, 6.45) is 72.1. The van der Waals surface area contributed by atoms with Gasteiger partial charge in [-0.15, -0.1) is 0 Å². The highest BCUT2D eigenvalue weighted by atomic mass is 31.2. The number of unbranched alkanes of at least 4 members (excludes halogenated alkanes) is 56. The Balaban J connectivity index is 5.24. The van der Waals surface area contributed by atoms with Crippen molar-refractivity contribution in [2.75, 3.05) is 39.6 Å². The van der Waals surface area contributed by atoms with E-state index in [9.17, 15) is 43.2 Å². The number of rotatable bonds is 87. The molecule has 19 heteroatoms. The second kappa shape index (κ2) is 79.3.